The maximum absolute atomic E-state index is 6.27. The van der Waals surface area contributed by atoms with Crippen molar-refractivity contribution in [1.82, 2.24) is 19.3 Å². The lowest BCUT2D eigenvalue weighted by Gasteiger charge is -2.10. The van der Waals surface area contributed by atoms with Crippen molar-refractivity contribution in [3.63, 3.8) is 0 Å². The first-order valence-corrected chi connectivity index (χ1v) is 7.63. The highest BCUT2D eigenvalue weighted by molar-refractivity contribution is 6.31. The van der Waals surface area contributed by atoms with Crippen LogP contribution in [-0.4, -0.2) is 19.3 Å². The molecular formula is C15H16Cl2N4. The third-order valence-corrected chi connectivity index (χ3v) is 3.91. The molecule has 0 aliphatic rings. The number of alkyl halides is 1. The van der Waals surface area contributed by atoms with Gasteiger partial charge in [-0.2, -0.15) is 5.10 Å². The molecule has 3 aromatic rings. The lowest BCUT2D eigenvalue weighted by molar-refractivity contribution is 0.667. The van der Waals surface area contributed by atoms with Crippen molar-refractivity contribution in [2.45, 2.75) is 25.3 Å². The van der Waals surface area contributed by atoms with E-state index in [0.29, 0.717) is 5.02 Å². The van der Waals surface area contributed by atoms with Crippen LogP contribution < -0.4 is 0 Å². The molecule has 0 spiro atoms. The van der Waals surface area contributed by atoms with Gasteiger partial charge < -0.3 is 4.57 Å². The first-order valence-electron chi connectivity index (χ1n) is 6.82. The van der Waals surface area contributed by atoms with Crippen LogP contribution in [0.2, 0.25) is 5.02 Å². The van der Waals surface area contributed by atoms with Gasteiger partial charge in [-0.15, -0.1) is 11.6 Å². The second-order valence-corrected chi connectivity index (χ2v) is 6.23. The second-order valence-electron chi connectivity index (χ2n) is 5.14. The van der Waals surface area contributed by atoms with Gasteiger partial charge in [0.25, 0.3) is 0 Å². The van der Waals surface area contributed by atoms with E-state index in [9.17, 15) is 0 Å². The molecule has 0 aliphatic carbocycles. The Bertz CT molecular complexity index is 773. The third-order valence-electron chi connectivity index (χ3n) is 3.48. The largest absolute Gasteiger partial charge is 0.326 e. The van der Waals surface area contributed by atoms with E-state index in [0.717, 1.165) is 29.8 Å². The van der Waals surface area contributed by atoms with Gasteiger partial charge in [0.05, 0.1) is 22.6 Å². The smallest absolute Gasteiger partial charge is 0.127 e. The molecule has 0 fully saturated rings. The quantitative estimate of drug-likeness (QED) is 0.681. The van der Waals surface area contributed by atoms with Crippen LogP contribution in [0.15, 0.2) is 30.6 Å². The van der Waals surface area contributed by atoms with Crippen LogP contribution >= 0.6 is 23.2 Å². The van der Waals surface area contributed by atoms with Gasteiger partial charge in [-0.3, -0.25) is 4.68 Å². The van der Waals surface area contributed by atoms with Crippen molar-refractivity contribution < 1.29 is 0 Å². The molecule has 3 rings (SSSR count). The summed E-state index contributed by atoms with van der Waals surface area (Å²) >= 11 is 12.4. The van der Waals surface area contributed by atoms with Gasteiger partial charge in [0.2, 0.25) is 0 Å². The zero-order chi connectivity index (χ0) is 15.0. The van der Waals surface area contributed by atoms with Crippen LogP contribution in [0.5, 0.6) is 0 Å². The van der Waals surface area contributed by atoms with E-state index in [1.807, 2.05) is 49.2 Å². The summed E-state index contributed by atoms with van der Waals surface area (Å²) in [4.78, 5) is 4.62. The molecule has 0 aliphatic heterocycles. The molecule has 2 aromatic heterocycles. The van der Waals surface area contributed by atoms with Gasteiger partial charge in [0.1, 0.15) is 5.82 Å². The molecule has 21 heavy (non-hydrogen) atoms. The fourth-order valence-corrected chi connectivity index (χ4v) is 2.83. The lowest BCUT2D eigenvalue weighted by Crippen LogP contribution is -2.06. The van der Waals surface area contributed by atoms with Crippen LogP contribution in [0.25, 0.3) is 11.0 Å². The number of rotatable bonds is 4. The van der Waals surface area contributed by atoms with E-state index < -0.39 is 0 Å². The maximum atomic E-state index is 6.27. The van der Waals surface area contributed by atoms with Crippen molar-refractivity contribution in [2.75, 3.05) is 0 Å². The van der Waals surface area contributed by atoms with Gasteiger partial charge in [-0.05, 0) is 37.1 Å². The SMILES string of the molecule is CC(Cl)c1nc2ccc(Cl)cc2n1CCc1cnn(C)c1. The number of nitrogens with zero attached hydrogens (tertiary/aromatic N) is 4. The Hall–Kier alpha value is -1.52. The molecule has 1 unspecified atom stereocenters. The standard InChI is InChI=1S/C15H16Cl2N4/c1-10(16)15-19-13-4-3-12(17)7-14(13)21(15)6-5-11-8-18-20(2)9-11/h3-4,7-10H,5-6H2,1-2H3. The molecule has 2 heterocycles. The minimum Gasteiger partial charge on any atom is -0.326 e. The molecule has 4 nitrogen and oxygen atoms in total. The molecule has 1 aromatic carbocycles. The summed E-state index contributed by atoms with van der Waals surface area (Å²) < 4.78 is 3.95. The Kier molecular flexibility index (Phi) is 3.91. The Morgan fingerprint density at radius 1 is 1.33 bits per heavy atom. The Morgan fingerprint density at radius 2 is 2.14 bits per heavy atom. The molecular weight excluding hydrogens is 307 g/mol. The molecule has 0 saturated carbocycles. The van der Waals surface area contributed by atoms with E-state index in [2.05, 4.69) is 14.6 Å². The summed E-state index contributed by atoms with van der Waals surface area (Å²) in [6.07, 6.45) is 4.79. The van der Waals surface area contributed by atoms with E-state index in [4.69, 9.17) is 23.2 Å². The van der Waals surface area contributed by atoms with Crippen molar-refractivity contribution >= 4 is 34.2 Å². The zero-order valence-electron chi connectivity index (χ0n) is 11.9. The number of fused-ring (bicyclic) bond motifs is 1. The summed E-state index contributed by atoms with van der Waals surface area (Å²) in [7, 11) is 1.92. The molecule has 0 radical (unpaired) electrons. The molecule has 0 amide bonds. The highest BCUT2D eigenvalue weighted by atomic mass is 35.5. The summed E-state index contributed by atoms with van der Waals surface area (Å²) in [6, 6.07) is 5.72. The Morgan fingerprint density at radius 3 is 2.81 bits per heavy atom. The molecule has 1 atom stereocenters. The van der Waals surface area contributed by atoms with E-state index in [1.165, 1.54) is 5.56 Å². The molecule has 0 saturated heterocycles. The summed E-state index contributed by atoms with van der Waals surface area (Å²) in [5.74, 6) is 0.873. The predicted molar refractivity (Wildman–Crippen MR) is 85.9 cm³/mol. The number of hydrogen-bond acceptors (Lipinski definition) is 2. The summed E-state index contributed by atoms with van der Waals surface area (Å²) in [5.41, 5.74) is 3.14. The lowest BCUT2D eigenvalue weighted by atomic mass is 10.2. The Balaban J connectivity index is 1.98. The van der Waals surface area contributed by atoms with Crippen molar-refractivity contribution in [3.05, 3.63) is 47.0 Å². The average Bonchev–Trinajstić information content (AvgIpc) is 3.00. The van der Waals surface area contributed by atoms with Crippen LogP contribution in [-0.2, 0) is 20.0 Å². The molecule has 6 heteroatoms. The van der Waals surface area contributed by atoms with Gasteiger partial charge in [0.15, 0.2) is 0 Å². The number of aromatic nitrogens is 4. The van der Waals surface area contributed by atoms with Crippen molar-refractivity contribution in [2.24, 2.45) is 7.05 Å². The fraction of sp³-hybridized carbons (Fsp3) is 0.333. The number of halogens is 2. The number of imidazole rings is 1. The maximum Gasteiger partial charge on any atom is 0.127 e. The topological polar surface area (TPSA) is 35.6 Å². The normalized spacial score (nSPS) is 13.0. The summed E-state index contributed by atoms with van der Waals surface area (Å²) in [5, 5.41) is 4.75. The number of aryl methyl sites for hydroxylation is 3. The van der Waals surface area contributed by atoms with Crippen molar-refractivity contribution in [3.8, 4) is 0 Å². The number of hydrogen-bond donors (Lipinski definition) is 0. The first kappa shape index (κ1) is 14.4. The van der Waals surface area contributed by atoms with Gasteiger partial charge in [0, 0.05) is 24.8 Å². The molecule has 0 N–H and O–H groups in total. The highest BCUT2D eigenvalue weighted by Gasteiger charge is 2.15. The van der Waals surface area contributed by atoms with Crippen LogP contribution in [0.1, 0.15) is 23.7 Å². The first-order chi connectivity index (χ1) is 10.0. The van der Waals surface area contributed by atoms with E-state index in [-0.39, 0.29) is 5.38 Å². The average molecular weight is 323 g/mol. The molecule has 110 valence electrons. The Labute approximate surface area is 133 Å². The van der Waals surface area contributed by atoms with Crippen LogP contribution in [0.3, 0.4) is 0 Å². The number of benzene rings is 1. The van der Waals surface area contributed by atoms with E-state index >= 15 is 0 Å². The molecule has 0 bridgehead atoms. The minimum atomic E-state index is -0.148. The second kappa shape index (κ2) is 5.70. The van der Waals surface area contributed by atoms with Gasteiger partial charge >= 0.3 is 0 Å². The fourth-order valence-electron chi connectivity index (χ4n) is 2.50. The summed E-state index contributed by atoms with van der Waals surface area (Å²) in [6.45, 7) is 2.74. The highest BCUT2D eigenvalue weighted by Crippen LogP contribution is 2.26. The van der Waals surface area contributed by atoms with Crippen LogP contribution in [0.4, 0.5) is 0 Å². The van der Waals surface area contributed by atoms with Gasteiger partial charge in [-0.25, -0.2) is 4.98 Å². The van der Waals surface area contributed by atoms with E-state index in [1.54, 1.807) is 0 Å². The predicted octanol–water partition coefficient (Wildman–Crippen LogP) is 3.97. The van der Waals surface area contributed by atoms with Crippen LogP contribution in [0, 0.1) is 0 Å². The minimum absolute atomic E-state index is 0.148. The van der Waals surface area contributed by atoms with Crippen molar-refractivity contribution in [1.29, 1.82) is 0 Å². The monoisotopic (exact) mass is 322 g/mol. The third kappa shape index (κ3) is 2.92. The van der Waals surface area contributed by atoms with Gasteiger partial charge in [-0.1, -0.05) is 11.6 Å². The zero-order valence-corrected chi connectivity index (χ0v) is 13.4.